The Morgan fingerprint density at radius 1 is 0.569 bits per heavy atom. The number of rotatable bonds is 16. The Kier molecular flexibility index (Phi) is 14.2. The number of carbonyl (C=O) groups is 2. The van der Waals surface area contributed by atoms with Gasteiger partial charge in [0.1, 0.15) is 13.2 Å². The third-order valence-corrected chi connectivity index (χ3v) is 17.0. The van der Waals surface area contributed by atoms with Crippen molar-refractivity contribution in [2.24, 2.45) is 0 Å². The van der Waals surface area contributed by atoms with Gasteiger partial charge in [0.15, 0.2) is 0 Å². The zero-order chi connectivity index (χ0) is 39.5. The number of esters is 2. The molecule has 0 spiro atoms. The molecule has 8 rings (SSSR count). The van der Waals surface area contributed by atoms with Crippen molar-refractivity contribution >= 4 is 98.7 Å². The van der Waals surface area contributed by atoms with Crippen LogP contribution in [0.15, 0.2) is 84.9 Å². The number of ether oxygens (including phenoxy) is 2. The van der Waals surface area contributed by atoms with Gasteiger partial charge in [-0.1, -0.05) is 116 Å². The second-order valence-corrected chi connectivity index (χ2v) is 20.6. The molecule has 4 aromatic carbocycles. The molecule has 6 nitrogen and oxygen atoms in total. The van der Waals surface area contributed by atoms with E-state index in [2.05, 4.69) is 106 Å². The zero-order valence-electron chi connectivity index (χ0n) is 32.7. The van der Waals surface area contributed by atoms with Crippen LogP contribution in [0.2, 0.25) is 0 Å². The van der Waals surface area contributed by atoms with Crippen molar-refractivity contribution in [2.75, 3.05) is 11.5 Å². The molecule has 2 fully saturated rings. The second-order valence-electron chi connectivity index (χ2n) is 15.0. The summed E-state index contributed by atoms with van der Waals surface area (Å²) in [5.74, 6) is 15.1. The molecular formula is C48H48N2O4S4. The molecular weight excluding hydrogens is 797 g/mol. The maximum absolute atomic E-state index is 12.5. The monoisotopic (exact) mass is 844 g/mol. The summed E-state index contributed by atoms with van der Waals surface area (Å²) in [6.07, 6.45) is 9.85. The van der Waals surface area contributed by atoms with Gasteiger partial charge in [-0.3, -0.25) is 9.59 Å². The lowest BCUT2D eigenvalue weighted by Gasteiger charge is -2.08. The van der Waals surface area contributed by atoms with Crippen molar-refractivity contribution in [1.29, 1.82) is 0 Å². The van der Waals surface area contributed by atoms with Gasteiger partial charge in [-0.15, -0.1) is 0 Å². The molecule has 58 heavy (non-hydrogen) atoms. The molecule has 10 heteroatoms. The molecule has 2 aromatic heterocycles. The number of hydrogen-bond acceptors (Lipinski definition) is 8. The number of para-hydroxylation sites is 2. The van der Waals surface area contributed by atoms with Crippen LogP contribution in [0.3, 0.4) is 0 Å². The van der Waals surface area contributed by atoms with Crippen molar-refractivity contribution in [2.45, 2.75) is 101 Å². The zero-order valence-corrected chi connectivity index (χ0v) is 36.0. The van der Waals surface area contributed by atoms with Gasteiger partial charge < -0.3 is 18.6 Å². The largest absolute Gasteiger partial charge is 0.461 e. The molecule has 0 saturated carbocycles. The number of unbranched alkanes of at least 4 members (excludes halogenated alkanes) is 2. The van der Waals surface area contributed by atoms with E-state index in [9.17, 15) is 9.59 Å². The van der Waals surface area contributed by atoms with Crippen LogP contribution in [0.5, 0.6) is 0 Å². The molecule has 0 amide bonds. The Balaban J connectivity index is 0.876. The minimum absolute atomic E-state index is 0.122. The van der Waals surface area contributed by atoms with Gasteiger partial charge in [0.05, 0.1) is 13.1 Å². The standard InChI is InChI=1S/C48H48N2O4S4/c51-47(19-9-3-13-37-25-29-55-57-37)53-33-35-21-23-45-41(31-35)39-15-5-7-17-43(39)49(45)27-11-1-2-12-28-50-44-18-8-6-16-40(44)42-32-36(22-24-46(42)50)34-54-48(52)20-10-4-14-38-26-30-56-58-38/h5-8,15-18,21-24,31-32,37-38H,3-4,9-10,13-14,19-20,25-30,33-34H2. The quantitative estimate of drug-likeness (QED) is 0.0413. The molecule has 4 heterocycles. The Hall–Kier alpha value is -4.06. The van der Waals surface area contributed by atoms with Crippen molar-refractivity contribution in [3.63, 3.8) is 0 Å². The van der Waals surface area contributed by atoms with Crippen LogP contribution in [-0.4, -0.2) is 43.1 Å². The third-order valence-electron chi connectivity index (χ3n) is 11.0. The van der Waals surface area contributed by atoms with Crippen molar-refractivity contribution in [1.82, 2.24) is 9.13 Å². The fourth-order valence-corrected chi connectivity index (χ4v) is 14.0. The average molecular weight is 845 g/mol. The number of fused-ring (bicyclic) bond motifs is 6. The summed E-state index contributed by atoms with van der Waals surface area (Å²) >= 11 is 0. The average Bonchev–Trinajstić information content (AvgIpc) is 4.08. The molecule has 6 aromatic rings. The van der Waals surface area contributed by atoms with E-state index < -0.39 is 0 Å². The summed E-state index contributed by atoms with van der Waals surface area (Å²) in [7, 11) is 7.93. The van der Waals surface area contributed by atoms with Crippen LogP contribution in [0.4, 0.5) is 0 Å². The molecule has 2 saturated heterocycles. The molecule has 0 aliphatic carbocycles. The lowest BCUT2D eigenvalue weighted by atomic mass is 10.1. The van der Waals surface area contributed by atoms with Gasteiger partial charge in [-0.05, 0) is 97.9 Å². The maximum atomic E-state index is 12.5. The van der Waals surface area contributed by atoms with Crippen LogP contribution in [-0.2, 0) is 45.4 Å². The predicted octanol–water partition coefficient (Wildman–Crippen LogP) is 12.1. The summed E-state index contributed by atoms with van der Waals surface area (Å²) in [6.45, 7) is 1.57. The number of hydrogen-bond donors (Lipinski definition) is 0. The molecule has 2 unspecified atom stereocenters. The number of nitrogens with zero attached hydrogens (tertiary/aromatic N) is 2. The highest BCUT2D eigenvalue weighted by molar-refractivity contribution is 8.77. The van der Waals surface area contributed by atoms with Gasteiger partial charge in [-0.25, -0.2) is 0 Å². The third kappa shape index (κ3) is 10.2. The first-order valence-electron chi connectivity index (χ1n) is 20.4. The van der Waals surface area contributed by atoms with Crippen molar-refractivity contribution in [3.8, 4) is 23.7 Å². The summed E-state index contributed by atoms with van der Waals surface area (Å²) in [5.41, 5.74) is 6.38. The van der Waals surface area contributed by atoms with Gasteiger partial charge in [-0.2, -0.15) is 0 Å². The SMILES string of the molecule is O=C(CCCCC1CCSS1)OCc1ccc2c(c1)c1ccccc1n2CC#CC#CCn1c2ccccc2c2cc(COC(=O)CCCCC3CCSS3)ccc21. The highest BCUT2D eigenvalue weighted by Gasteiger charge is 2.18. The minimum Gasteiger partial charge on any atom is -0.461 e. The minimum atomic E-state index is -0.122. The highest BCUT2D eigenvalue weighted by atomic mass is 33.1. The predicted molar refractivity (Wildman–Crippen MR) is 248 cm³/mol. The van der Waals surface area contributed by atoms with Crippen molar-refractivity contribution in [3.05, 3.63) is 96.1 Å². The Bertz CT molecular complexity index is 2350. The summed E-state index contributed by atoms with van der Waals surface area (Å²) in [6, 6.07) is 29.3. The molecule has 0 N–H and O–H groups in total. The fourth-order valence-electron chi connectivity index (χ4n) is 7.93. The normalized spacial score (nSPS) is 16.4. The van der Waals surface area contributed by atoms with E-state index in [1.807, 2.05) is 55.3 Å². The van der Waals surface area contributed by atoms with Crippen LogP contribution in [0.25, 0.3) is 43.6 Å². The smallest absolute Gasteiger partial charge is 0.306 e. The first-order valence-corrected chi connectivity index (χ1v) is 25.2. The van der Waals surface area contributed by atoms with Crippen LogP contribution in [0.1, 0.15) is 75.3 Å². The van der Waals surface area contributed by atoms with Gasteiger partial charge in [0.25, 0.3) is 0 Å². The molecule has 2 aliphatic heterocycles. The first-order chi connectivity index (χ1) is 28.6. The topological polar surface area (TPSA) is 62.5 Å². The number of benzene rings is 4. The molecule has 2 atom stereocenters. The van der Waals surface area contributed by atoms with Crippen LogP contribution < -0.4 is 0 Å². The maximum Gasteiger partial charge on any atom is 0.306 e. The summed E-state index contributed by atoms with van der Waals surface area (Å²) < 4.78 is 15.8. The lowest BCUT2D eigenvalue weighted by Crippen LogP contribution is -2.05. The first kappa shape index (κ1) is 40.7. The van der Waals surface area contributed by atoms with E-state index in [0.29, 0.717) is 25.9 Å². The van der Waals surface area contributed by atoms with E-state index in [1.165, 1.54) is 37.2 Å². The van der Waals surface area contributed by atoms with Gasteiger partial charge >= 0.3 is 11.9 Å². The van der Waals surface area contributed by atoms with Gasteiger partial charge in [0.2, 0.25) is 0 Å². The Labute approximate surface area is 357 Å². The van der Waals surface area contributed by atoms with E-state index in [0.717, 1.165) is 90.9 Å². The lowest BCUT2D eigenvalue weighted by molar-refractivity contribution is -0.146. The summed E-state index contributed by atoms with van der Waals surface area (Å²) in [5, 5.41) is 6.05. The molecule has 0 bridgehead atoms. The molecule has 298 valence electrons. The molecule has 0 radical (unpaired) electrons. The Morgan fingerprint density at radius 2 is 1.02 bits per heavy atom. The van der Waals surface area contributed by atoms with Crippen molar-refractivity contribution < 1.29 is 19.1 Å². The van der Waals surface area contributed by atoms with E-state index in [4.69, 9.17) is 9.47 Å². The number of carbonyl (C=O) groups excluding carboxylic acids is 2. The van der Waals surface area contributed by atoms with Gasteiger partial charge in [0, 0.05) is 78.5 Å². The fraction of sp³-hybridized carbons (Fsp3) is 0.375. The van der Waals surface area contributed by atoms with Crippen LogP contribution in [0, 0.1) is 23.7 Å². The van der Waals surface area contributed by atoms with Crippen LogP contribution >= 0.6 is 43.2 Å². The summed E-state index contributed by atoms with van der Waals surface area (Å²) in [4.78, 5) is 25.0. The van der Waals surface area contributed by atoms with E-state index >= 15 is 0 Å². The van der Waals surface area contributed by atoms with E-state index in [-0.39, 0.29) is 25.2 Å². The Morgan fingerprint density at radius 3 is 1.47 bits per heavy atom. The highest BCUT2D eigenvalue weighted by Crippen LogP contribution is 2.41. The molecule has 2 aliphatic rings. The number of aromatic nitrogens is 2. The second kappa shape index (κ2) is 20.3. The van der Waals surface area contributed by atoms with E-state index in [1.54, 1.807) is 0 Å².